The highest BCUT2D eigenvalue weighted by Crippen LogP contribution is 2.26. The van der Waals surface area contributed by atoms with Crippen LogP contribution < -0.4 is 4.90 Å². The number of pyridine rings is 1. The number of hydrogen-bond acceptors (Lipinski definition) is 5. The zero-order valence-corrected chi connectivity index (χ0v) is 13.3. The summed E-state index contributed by atoms with van der Waals surface area (Å²) in [5.41, 5.74) is 1.60. The summed E-state index contributed by atoms with van der Waals surface area (Å²) in [5.74, 6) is -0.183. The number of rotatable bonds is 2. The van der Waals surface area contributed by atoms with Gasteiger partial charge < -0.3 is 14.7 Å². The average Bonchev–Trinajstić information content (AvgIpc) is 2.95. The number of carbonyl (C=O) groups excluding carboxylic acids is 1. The van der Waals surface area contributed by atoms with Crippen LogP contribution in [0.25, 0.3) is 11.0 Å². The van der Waals surface area contributed by atoms with Crippen molar-refractivity contribution in [1.29, 1.82) is 0 Å². The second-order valence-electron chi connectivity index (χ2n) is 6.61. The van der Waals surface area contributed by atoms with Gasteiger partial charge in [0, 0.05) is 36.6 Å². The summed E-state index contributed by atoms with van der Waals surface area (Å²) in [6.45, 7) is 8.65. The second-order valence-corrected chi connectivity index (χ2v) is 6.61. The number of anilines is 1. The van der Waals surface area contributed by atoms with Gasteiger partial charge in [-0.2, -0.15) is 0 Å². The second kappa shape index (κ2) is 5.61. The van der Waals surface area contributed by atoms with Crippen LogP contribution in [-0.2, 0) is 9.63 Å². The van der Waals surface area contributed by atoms with Gasteiger partial charge in [-0.25, -0.2) is 9.78 Å². The highest BCUT2D eigenvalue weighted by Gasteiger charge is 2.28. The summed E-state index contributed by atoms with van der Waals surface area (Å²) < 4.78 is 0. The maximum absolute atomic E-state index is 11.9. The third-order valence-corrected chi connectivity index (χ3v) is 3.84. The minimum absolute atomic E-state index is 0.183. The van der Waals surface area contributed by atoms with E-state index >= 15 is 0 Å². The van der Waals surface area contributed by atoms with Gasteiger partial charge in [0.05, 0.1) is 18.5 Å². The zero-order chi connectivity index (χ0) is 15.7. The van der Waals surface area contributed by atoms with Crippen molar-refractivity contribution in [3.05, 3.63) is 24.5 Å². The normalized spacial score (nSPS) is 17.0. The Bertz CT molecular complexity index is 666. The minimum atomic E-state index is -0.473. The molecule has 22 heavy (non-hydrogen) atoms. The van der Waals surface area contributed by atoms with E-state index < -0.39 is 5.41 Å². The summed E-state index contributed by atoms with van der Waals surface area (Å²) in [5, 5.41) is 2.89. The van der Waals surface area contributed by atoms with Crippen molar-refractivity contribution in [3.8, 4) is 0 Å². The van der Waals surface area contributed by atoms with Crippen molar-refractivity contribution in [2.24, 2.45) is 5.41 Å². The van der Waals surface area contributed by atoms with Crippen LogP contribution in [0.5, 0.6) is 0 Å². The summed E-state index contributed by atoms with van der Waals surface area (Å²) >= 11 is 0. The molecule has 1 fully saturated rings. The topological polar surface area (TPSA) is 61.5 Å². The van der Waals surface area contributed by atoms with Crippen LogP contribution >= 0.6 is 0 Å². The first-order chi connectivity index (χ1) is 10.4. The molecule has 0 bridgehead atoms. The fraction of sp³-hybridized carbons (Fsp3) is 0.500. The Morgan fingerprint density at radius 1 is 1.23 bits per heavy atom. The predicted octanol–water partition coefficient (Wildman–Crippen LogP) is 2.19. The highest BCUT2D eigenvalue weighted by atomic mass is 16.7. The first-order valence-corrected chi connectivity index (χ1v) is 7.59. The average molecular weight is 302 g/mol. The minimum Gasteiger partial charge on any atom is -0.368 e. The number of aromatic amines is 1. The van der Waals surface area contributed by atoms with Crippen LogP contribution in [-0.4, -0.2) is 47.2 Å². The molecule has 0 atom stereocenters. The number of aromatic nitrogens is 2. The van der Waals surface area contributed by atoms with E-state index in [4.69, 9.17) is 4.84 Å². The van der Waals surface area contributed by atoms with Crippen molar-refractivity contribution in [2.75, 3.05) is 31.1 Å². The van der Waals surface area contributed by atoms with Crippen LogP contribution in [0.15, 0.2) is 24.5 Å². The summed E-state index contributed by atoms with van der Waals surface area (Å²) in [6, 6.07) is 4.08. The molecule has 0 unspecified atom stereocenters. The van der Waals surface area contributed by atoms with E-state index in [1.807, 2.05) is 45.3 Å². The van der Waals surface area contributed by atoms with Gasteiger partial charge in [-0.05, 0) is 32.9 Å². The number of hydrogen-bond donors (Lipinski definition) is 1. The Morgan fingerprint density at radius 2 is 1.95 bits per heavy atom. The molecule has 1 aliphatic rings. The number of hydroxylamine groups is 2. The zero-order valence-electron chi connectivity index (χ0n) is 13.3. The smallest absolute Gasteiger partial charge is 0.330 e. The maximum atomic E-state index is 11.9. The molecule has 2 aromatic rings. The molecule has 0 spiro atoms. The SMILES string of the molecule is CC(C)(C)C(=O)ON1CCN(c2ccnc3[nH]ccc23)CC1. The fourth-order valence-corrected chi connectivity index (χ4v) is 2.50. The molecule has 118 valence electrons. The Hall–Kier alpha value is -2.08. The highest BCUT2D eigenvalue weighted by molar-refractivity contribution is 5.89. The van der Waals surface area contributed by atoms with E-state index in [0.29, 0.717) is 13.1 Å². The van der Waals surface area contributed by atoms with Crippen molar-refractivity contribution in [2.45, 2.75) is 20.8 Å². The van der Waals surface area contributed by atoms with Gasteiger partial charge in [-0.3, -0.25) is 0 Å². The number of fused-ring (bicyclic) bond motifs is 1. The number of H-pyrrole nitrogens is 1. The number of nitrogens with one attached hydrogen (secondary N) is 1. The molecule has 0 saturated carbocycles. The lowest BCUT2D eigenvalue weighted by molar-refractivity contribution is -0.201. The Balaban J connectivity index is 1.65. The van der Waals surface area contributed by atoms with Crippen LogP contribution in [0.1, 0.15) is 20.8 Å². The molecule has 0 aliphatic carbocycles. The molecule has 0 aromatic carbocycles. The van der Waals surface area contributed by atoms with Crippen molar-refractivity contribution < 1.29 is 9.63 Å². The van der Waals surface area contributed by atoms with Gasteiger partial charge in [-0.1, -0.05) is 0 Å². The van der Waals surface area contributed by atoms with Crippen LogP contribution in [0.2, 0.25) is 0 Å². The van der Waals surface area contributed by atoms with E-state index in [9.17, 15) is 4.79 Å². The molecular formula is C16H22N4O2. The van der Waals surface area contributed by atoms with E-state index in [1.165, 1.54) is 5.69 Å². The first kappa shape index (κ1) is 14.8. The molecule has 0 radical (unpaired) electrons. The predicted molar refractivity (Wildman–Crippen MR) is 85.4 cm³/mol. The Morgan fingerprint density at radius 3 is 2.64 bits per heavy atom. The van der Waals surface area contributed by atoms with Gasteiger partial charge in [-0.15, -0.1) is 5.06 Å². The van der Waals surface area contributed by atoms with Gasteiger partial charge in [0.15, 0.2) is 0 Å². The molecule has 1 N–H and O–H groups in total. The molecule has 3 heterocycles. The van der Waals surface area contributed by atoms with E-state index in [2.05, 4.69) is 14.9 Å². The Kier molecular flexibility index (Phi) is 3.78. The fourth-order valence-electron chi connectivity index (χ4n) is 2.50. The lowest BCUT2D eigenvalue weighted by Gasteiger charge is -2.35. The van der Waals surface area contributed by atoms with E-state index in [-0.39, 0.29) is 5.97 Å². The van der Waals surface area contributed by atoms with E-state index in [1.54, 1.807) is 5.06 Å². The molecule has 6 nitrogen and oxygen atoms in total. The molecular weight excluding hydrogens is 280 g/mol. The van der Waals surface area contributed by atoms with Crippen LogP contribution in [0.3, 0.4) is 0 Å². The van der Waals surface area contributed by atoms with Crippen LogP contribution in [0.4, 0.5) is 5.69 Å². The lowest BCUT2D eigenvalue weighted by atomic mass is 9.98. The Labute approximate surface area is 130 Å². The number of carbonyl (C=O) groups is 1. The third-order valence-electron chi connectivity index (χ3n) is 3.84. The van der Waals surface area contributed by atoms with Crippen molar-refractivity contribution >= 4 is 22.7 Å². The number of piperazine rings is 1. The maximum Gasteiger partial charge on any atom is 0.330 e. The third kappa shape index (κ3) is 2.92. The molecule has 0 amide bonds. The standard InChI is InChI=1S/C16H22N4O2/c1-16(2,3)15(21)22-20-10-8-19(9-11-20)13-5-7-18-14-12(13)4-6-17-14/h4-7H,8-11H2,1-3H3,(H,17,18). The largest absolute Gasteiger partial charge is 0.368 e. The number of nitrogens with zero attached hydrogens (tertiary/aromatic N) is 3. The molecule has 1 saturated heterocycles. The molecule has 6 heteroatoms. The van der Waals surface area contributed by atoms with Gasteiger partial charge >= 0.3 is 5.97 Å². The molecule has 3 rings (SSSR count). The molecule has 1 aliphatic heterocycles. The van der Waals surface area contributed by atoms with E-state index in [0.717, 1.165) is 24.1 Å². The van der Waals surface area contributed by atoms with Crippen molar-refractivity contribution in [3.63, 3.8) is 0 Å². The van der Waals surface area contributed by atoms with Crippen molar-refractivity contribution in [1.82, 2.24) is 15.0 Å². The monoisotopic (exact) mass is 302 g/mol. The molecule has 2 aromatic heterocycles. The summed E-state index contributed by atoms with van der Waals surface area (Å²) in [6.07, 6.45) is 3.72. The lowest BCUT2D eigenvalue weighted by Crippen LogP contribution is -2.48. The quantitative estimate of drug-likeness (QED) is 0.921. The van der Waals surface area contributed by atoms with Gasteiger partial charge in [0.25, 0.3) is 0 Å². The van der Waals surface area contributed by atoms with Gasteiger partial charge in [0.2, 0.25) is 0 Å². The van der Waals surface area contributed by atoms with Gasteiger partial charge in [0.1, 0.15) is 5.65 Å². The van der Waals surface area contributed by atoms with Crippen LogP contribution in [0, 0.1) is 5.41 Å². The summed E-state index contributed by atoms with van der Waals surface area (Å²) in [4.78, 5) is 27.2. The first-order valence-electron chi connectivity index (χ1n) is 7.59. The summed E-state index contributed by atoms with van der Waals surface area (Å²) in [7, 11) is 0.